The van der Waals surface area contributed by atoms with E-state index in [1.807, 2.05) is 6.07 Å². The molecule has 0 spiro atoms. The first-order chi connectivity index (χ1) is 12.4. The zero-order valence-electron chi connectivity index (χ0n) is 14.2. The van der Waals surface area contributed by atoms with Crippen molar-refractivity contribution in [2.45, 2.75) is 13.8 Å². The fraction of sp³-hybridized carbons (Fsp3) is 0.158. The van der Waals surface area contributed by atoms with Crippen molar-refractivity contribution in [1.82, 2.24) is 0 Å². The normalized spacial score (nSPS) is 16.4. The van der Waals surface area contributed by atoms with Gasteiger partial charge in [0.15, 0.2) is 0 Å². The SMILES string of the molecule is CC1=NN(c2ccccc2)C(=O)[C@@H]1C(=O)C(=O)Nc1cccc(C)c1Cl. The first-order valence-electron chi connectivity index (χ1n) is 7.94. The summed E-state index contributed by atoms with van der Waals surface area (Å²) in [7, 11) is 0. The highest BCUT2D eigenvalue weighted by Gasteiger charge is 2.42. The van der Waals surface area contributed by atoms with Crippen molar-refractivity contribution in [3.63, 3.8) is 0 Å². The number of anilines is 2. The third-order valence-electron chi connectivity index (χ3n) is 4.06. The summed E-state index contributed by atoms with van der Waals surface area (Å²) >= 11 is 6.14. The Hall–Kier alpha value is -2.99. The van der Waals surface area contributed by atoms with Crippen LogP contribution in [-0.4, -0.2) is 23.3 Å². The van der Waals surface area contributed by atoms with Crippen molar-refractivity contribution in [1.29, 1.82) is 0 Å². The number of hydrogen-bond donors (Lipinski definition) is 1. The molecule has 3 rings (SSSR count). The highest BCUT2D eigenvalue weighted by molar-refractivity contribution is 6.50. The molecular weight excluding hydrogens is 354 g/mol. The van der Waals surface area contributed by atoms with E-state index in [-0.39, 0.29) is 5.71 Å². The molecule has 0 aromatic heterocycles. The molecule has 1 aliphatic heterocycles. The molecule has 1 aliphatic rings. The van der Waals surface area contributed by atoms with Crippen LogP contribution in [-0.2, 0) is 14.4 Å². The Labute approximate surface area is 155 Å². The standard InChI is InChI=1S/C19H16ClN3O3/c1-11-7-6-10-14(16(11)20)21-18(25)17(24)15-12(2)22-23(19(15)26)13-8-4-3-5-9-13/h3-10,15H,1-2H3,(H,21,25)/t15-/m0/s1. The summed E-state index contributed by atoms with van der Waals surface area (Å²) < 4.78 is 0. The lowest BCUT2D eigenvalue weighted by Crippen LogP contribution is -2.39. The number of nitrogens with one attached hydrogen (secondary N) is 1. The number of ketones is 1. The van der Waals surface area contributed by atoms with Gasteiger partial charge in [0.2, 0.25) is 5.78 Å². The summed E-state index contributed by atoms with van der Waals surface area (Å²) in [5.74, 6) is -3.56. The zero-order chi connectivity index (χ0) is 18.8. The molecule has 1 N–H and O–H groups in total. The topological polar surface area (TPSA) is 78.8 Å². The first kappa shape index (κ1) is 17.8. The second kappa shape index (κ2) is 7.09. The summed E-state index contributed by atoms with van der Waals surface area (Å²) in [6.45, 7) is 3.34. The van der Waals surface area contributed by atoms with Gasteiger partial charge in [-0.1, -0.05) is 41.9 Å². The van der Waals surface area contributed by atoms with Gasteiger partial charge in [0.05, 0.1) is 22.1 Å². The van der Waals surface area contributed by atoms with E-state index in [4.69, 9.17) is 11.6 Å². The Morgan fingerprint density at radius 1 is 1.08 bits per heavy atom. The van der Waals surface area contributed by atoms with Gasteiger partial charge < -0.3 is 5.32 Å². The number of hydrazone groups is 1. The zero-order valence-corrected chi connectivity index (χ0v) is 14.9. The van der Waals surface area contributed by atoms with E-state index in [9.17, 15) is 14.4 Å². The fourth-order valence-corrected chi connectivity index (χ4v) is 2.85. The highest BCUT2D eigenvalue weighted by atomic mass is 35.5. The number of carbonyl (C=O) groups is 3. The number of amides is 2. The molecule has 0 saturated heterocycles. The number of benzene rings is 2. The van der Waals surface area contributed by atoms with Crippen LogP contribution in [0.2, 0.25) is 5.02 Å². The molecule has 0 fully saturated rings. The molecule has 2 aromatic rings. The largest absolute Gasteiger partial charge is 0.318 e. The number of carbonyl (C=O) groups excluding carboxylic acids is 3. The lowest BCUT2D eigenvalue weighted by molar-refractivity contribution is -0.138. The van der Waals surface area contributed by atoms with Crippen molar-refractivity contribution >= 4 is 46.3 Å². The molecule has 2 amide bonds. The van der Waals surface area contributed by atoms with Crippen LogP contribution in [0, 0.1) is 12.8 Å². The fourth-order valence-electron chi connectivity index (χ4n) is 2.68. The number of rotatable bonds is 4. The molecule has 0 saturated carbocycles. The predicted molar refractivity (Wildman–Crippen MR) is 100 cm³/mol. The van der Waals surface area contributed by atoms with Crippen LogP contribution in [0.5, 0.6) is 0 Å². The third kappa shape index (κ3) is 3.23. The van der Waals surface area contributed by atoms with E-state index in [2.05, 4.69) is 10.4 Å². The van der Waals surface area contributed by atoms with Crippen molar-refractivity contribution in [2.75, 3.05) is 10.3 Å². The van der Waals surface area contributed by atoms with Gasteiger partial charge in [-0.3, -0.25) is 14.4 Å². The smallest absolute Gasteiger partial charge is 0.293 e. The van der Waals surface area contributed by atoms with Gasteiger partial charge in [-0.05, 0) is 37.6 Å². The minimum atomic E-state index is -1.24. The molecule has 0 aliphatic carbocycles. The van der Waals surface area contributed by atoms with Crippen molar-refractivity contribution in [2.24, 2.45) is 11.0 Å². The molecule has 0 unspecified atom stereocenters. The maximum Gasteiger partial charge on any atom is 0.293 e. The average Bonchev–Trinajstić information content (AvgIpc) is 2.93. The van der Waals surface area contributed by atoms with Gasteiger partial charge in [-0.25, -0.2) is 0 Å². The van der Waals surface area contributed by atoms with Crippen molar-refractivity contribution in [3.05, 3.63) is 59.1 Å². The lowest BCUT2D eigenvalue weighted by Gasteiger charge is -2.14. The highest BCUT2D eigenvalue weighted by Crippen LogP contribution is 2.27. The predicted octanol–water partition coefficient (Wildman–Crippen LogP) is 3.19. The molecule has 132 valence electrons. The van der Waals surface area contributed by atoms with E-state index in [0.29, 0.717) is 16.4 Å². The minimum Gasteiger partial charge on any atom is -0.318 e. The molecule has 2 aromatic carbocycles. The van der Waals surface area contributed by atoms with Gasteiger partial charge in [0.1, 0.15) is 5.92 Å². The molecular formula is C19H16ClN3O3. The number of halogens is 1. The Morgan fingerprint density at radius 2 is 1.77 bits per heavy atom. The maximum atomic E-state index is 12.6. The van der Waals surface area contributed by atoms with Crippen molar-refractivity contribution < 1.29 is 14.4 Å². The second-order valence-corrected chi connectivity index (χ2v) is 6.29. The quantitative estimate of drug-likeness (QED) is 0.664. The third-order valence-corrected chi connectivity index (χ3v) is 4.56. The van der Waals surface area contributed by atoms with E-state index in [1.54, 1.807) is 56.3 Å². The Kier molecular flexibility index (Phi) is 4.86. The van der Waals surface area contributed by atoms with Crippen LogP contribution in [0.4, 0.5) is 11.4 Å². The van der Waals surface area contributed by atoms with Gasteiger partial charge in [0.25, 0.3) is 11.8 Å². The van der Waals surface area contributed by atoms with E-state index in [1.165, 1.54) is 0 Å². The monoisotopic (exact) mass is 369 g/mol. The summed E-state index contributed by atoms with van der Waals surface area (Å²) in [4.78, 5) is 37.5. The number of nitrogens with zero attached hydrogens (tertiary/aromatic N) is 2. The van der Waals surface area contributed by atoms with Gasteiger partial charge in [-0.15, -0.1) is 0 Å². The Bertz CT molecular complexity index is 925. The first-order valence-corrected chi connectivity index (χ1v) is 8.32. The van der Waals surface area contributed by atoms with Crippen molar-refractivity contribution in [3.8, 4) is 0 Å². The molecule has 1 heterocycles. The summed E-state index contributed by atoms with van der Waals surface area (Å²) in [5.41, 5.74) is 1.90. The number of aryl methyl sites for hydroxylation is 1. The van der Waals surface area contributed by atoms with Crippen LogP contribution in [0.3, 0.4) is 0 Å². The maximum absolute atomic E-state index is 12.6. The van der Waals surface area contributed by atoms with Crippen LogP contribution < -0.4 is 10.3 Å². The molecule has 7 heteroatoms. The lowest BCUT2D eigenvalue weighted by atomic mass is 9.98. The van der Waals surface area contributed by atoms with Crippen LogP contribution in [0.1, 0.15) is 12.5 Å². The molecule has 26 heavy (non-hydrogen) atoms. The summed E-state index contributed by atoms with van der Waals surface area (Å²) in [6.07, 6.45) is 0. The molecule has 1 atom stereocenters. The number of hydrogen-bond acceptors (Lipinski definition) is 4. The Balaban J connectivity index is 1.79. The van der Waals surface area contributed by atoms with E-state index >= 15 is 0 Å². The van der Waals surface area contributed by atoms with Crippen LogP contribution >= 0.6 is 11.6 Å². The summed E-state index contributed by atoms with van der Waals surface area (Å²) in [5, 5.41) is 8.11. The van der Waals surface area contributed by atoms with E-state index < -0.39 is 23.5 Å². The van der Waals surface area contributed by atoms with Crippen LogP contribution in [0.15, 0.2) is 53.6 Å². The number of Topliss-reactive ketones (excluding diaryl/α,β-unsaturated/α-hetero) is 1. The average molecular weight is 370 g/mol. The Morgan fingerprint density at radius 3 is 2.46 bits per heavy atom. The minimum absolute atomic E-state index is 0.273. The van der Waals surface area contributed by atoms with Gasteiger partial charge in [-0.2, -0.15) is 10.1 Å². The van der Waals surface area contributed by atoms with Crippen LogP contribution in [0.25, 0.3) is 0 Å². The molecule has 0 radical (unpaired) electrons. The van der Waals surface area contributed by atoms with Gasteiger partial charge >= 0.3 is 0 Å². The second-order valence-electron chi connectivity index (χ2n) is 5.91. The van der Waals surface area contributed by atoms with Gasteiger partial charge in [0, 0.05) is 0 Å². The van der Waals surface area contributed by atoms with E-state index in [0.717, 1.165) is 10.6 Å². The molecule has 6 nitrogen and oxygen atoms in total. The number of para-hydroxylation sites is 1. The summed E-state index contributed by atoms with van der Waals surface area (Å²) in [6, 6.07) is 13.8. The molecule has 0 bridgehead atoms.